The Kier molecular flexibility index (Phi) is 3.90. The number of carbonyl (C=O) groups excluding carboxylic acids is 1. The van der Waals surface area contributed by atoms with Gasteiger partial charge in [-0.3, -0.25) is 4.79 Å². The molecular formula is C15H22N2O. The maximum atomic E-state index is 12.3. The van der Waals surface area contributed by atoms with Crippen LogP contribution in [-0.4, -0.2) is 23.4 Å². The fourth-order valence-corrected chi connectivity index (χ4v) is 2.61. The lowest BCUT2D eigenvalue weighted by atomic mass is 10.0. The van der Waals surface area contributed by atoms with Crippen LogP contribution in [-0.2, 0) is 11.2 Å². The minimum Gasteiger partial charge on any atom is -0.398 e. The molecule has 1 aliphatic heterocycles. The summed E-state index contributed by atoms with van der Waals surface area (Å²) in [5.41, 5.74) is 8.77. The quantitative estimate of drug-likeness (QED) is 0.815. The number of benzene rings is 1. The van der Waals surface area contributed by atoms with E-state index in [2.05, 4.69) is 6.92 Å². The van der Waals surface area contributed by atoms with Gasteiger partial charge < -0.3 is 10.6 Å². The molecule has 2 N–H and O–H groups in total. The number of carbonyl (C=O) groups is 1. The summed E-state index contributed by atoms with van der Waals surface area (Å²) in [4.78, 5) is 14.3. The number of rotatable bonds is 2. The van der Waals surface area contributed by atoms with E-state index in [0.29, 0.717) is 12.5 Å². The highest BCUT2D eigenvalue weighted by Gasteiger charge is 2.23. The third kappa shape index (κ3) is 2.84. The molecule has 0 aromatic heterocycles. The van der Waals surface area contributed by atoms with E-state index in [9.17, 15) is 4.79 Å². The first-order valence-electron chi connectivity index (χ1n) is 6.72. The van der Waals surface area contributed by atoms with Crippen LogP contribution in [0.25, 0.3) is 0 Å². The molecule has 1 unspecified atom stereocenters. The molecule has 1 amide bonds. The molecule has 18 heavy (non-hydrogen) atoms. The first-order chi connectivity index (χ1) is 8.58. The van der Waals surface area contributed by atoms with Crippen LogP contribution in [0.4, 0.5) is 5.69 Å². The highest BCUT2D eigenvalue weighted by atomic mass is 16.2. The fraction of sp³-hybridized carbons (Fsp3) is 0.533. The van der Waals surface area contributed by atoms with E-state index in [1.54, 1.807) is 0 Å². The molecule has 3 nitrogen and oxygen atoms in total. The Morgan fingerprint density at radius 1 is 1.44 bits per heavy atom. The van der Waals surface area contributed by atoms with E-state index in [0.717, 1.165) is 36.2 Å². The van der Waals surface area contributed by atoms with Gasteiger partial charge in [-0.1, -0.05) is 12.1 Å². The summed E-state index contributed by atoms with van der Waals surface area (Å²) in [5.74, 6) is 0.206. The number of hydrogen-bond donors (Lipinski definition) is 1. The van der Waals surface area contributed by atoms with E-state index < -0.39 is 0 Å². The topological polar surface area (TPSA) is 46.3 Å². The molecule has 0 aliphatic carbocycles. The first-order valence-corrected chi connectivity index (χ1v) is 6.72. The number of likely N-dealkylation sites (tertiary alicyclic amines) is 1. The van der Waals surface area contributed by atoms with Crippen LogP contribution in [0.5, 0.6) is 0 Å². The average molecular weight is 246 g/mol. The van der Waals surface area contributed by atoms with Crippen LogP contribution >= 0.6 is 0 Å². The summed E-state index contributed by atoms with van der Waals surface area (Å²) in [6.45, 7) is 5.04. The Bertz CT molecular complexity index is 442. The van der Waals surface area contributed by atoms with Gasteiger partial charge in [0.25, 0.3) is 0 Å². The molecule has 1 saturated heterocycles. The molecule has 2 rings (SSSR count). The van der Waals surface area contributed by atoms with Crippen molar-refractivity contribution in [3.63, 3.8) is 0 Å². The van der Waals surface area contributed by atoms with Gasteiger partial charge in [0.1, 0.15) is 0 Å². The number of anilines is 1. The lowest BCUT2D eigenvalue weighted by Gasteiger charge is -2.33. The summed E-state index contributed by atoms with van der Waals surface area (Å²) in [6, 6.07) is 6.29. The average Bonchev–Trinajstić information content (AvgIpc) is 2.33. The Labute approximate surface area is 109 Å². The summed E-state index contributed by atoms with van der Waals surface area (Å²) in [6.07, 6.45) is 3.91. The van der Waals surface area contributed by atoms with Crippen LogP contribution < -0.4 is 5.73 Å². The number of nitrogens with two attached hydrogens (primary N) is 1. The van der Waals surface area contributed by atoms with Gasteiger partial charge in [-0.05, 0) is 50.3 Å². The summed E-state index contributed by atoms with van der Waals surface area (Å²) < 4.78 is 0. The van der Waals surface area contributed by atoms with Crippen molar-refractivity contribution in [2.45, 2.75) is 45.6 Å². The van der Waals surface area contributed by atoms with E-state index in [1.165, 1.54) is 6.42 Å². The van der Waals surface area contributed by atoms with Crippen molar-refractivity contribution in [1.29, 1.82) is 0 Å². The second kappa shape index (κ2) is 5.42. The van der Waals surface area contributed by atoms with E-state index in [1.807, 2.05) is 30.0 Å². The largest absolute Gasteiger partial charge is 0.398 e. The van der Waals surface area contributed by atoms with E-state index in [4.69, 9.17) is 5.73 Å². The van der Waals surface area contributed by atoms with Gasteiger partial charge >= 0.3 is 0 Å². The number of nitrogen functional groups attached to an aromatic ring is 1. The molecule has 3 heteroatoms. The number of aryl methyl sites for hydroxylation is 1. The lowest BCUT2D eigenvalue weighted by Crippen LogP contribution is -2.42. The summed E-state index contributed by atoms with van der Waals surface area (Å²) in [5, 5.41) is 0. The lowest BCUT2D eigenvalue weighted by molar-refractivity contribution is -0.133. The van der Waals surface area contributed by atoms with Crippen LogP contribution in [0, 0.1) is 6.92 Å². The number of nitrogens with zero attached hydrogens (tertiary/aromatic N) is 1. The normalized spacial score (nSPS) is 19.9. The van der Waals surface area contributed by atoms with Crippen LogP contribution in [0.3, 0.4) is 0 Å². The van der Waals surface area contributed by atoms with Crippen molar-refractivity contribution in [1.82, 2.24) is 4.90 Å². The van der Waals surface area contributed by atoms with Crippen molar-refractivity contribution in [2.75, 3.05) is 12.3 Å². The highest BCUT2D eigenvalue weighted by molar-refractivity contribution is 5.80. The zero-order valence-corrected chi connectivity index (χ0v) is 11.3. The Hall–Kier alpha value is -1.51. The first kappa shape index (κ1) is 12.9. The molecule has 1 aromatic rings. The standard InChI is InChI=1S/C15H22N2O/c1-11-6-7-13(14(16)9-11)10-15(18)17-8-4-3-5-12(17)2/h6-7,9,12H,3-5,8,10,16H2,1-2H3. The predicted molar refractivity (Wildman–Crippen MR) is 74.3 cm³/mol. The molecule has 1 atom stereocenters. The van der Waals surface area contributed by atoms with Gasteiger partial charge in [-0.2, -0.15) is 0 Å². The third-order valence-corrected chi connectivity index (χ3v) is 3.77. The Morgan fingerprint density at radius 2 is 2.22 bits per heavy atom. The predicted octanol–water partition coefficient (Wildman–Crippen LogP) is 2.52. The van der Waals surface area contributed by atoms with Crippen LogP contribution in [0.15, 0.2) is 18.2 Å². The molecule has 0 bridgehead atoms. The summed E-state index contributed by atoms with van der Waals surface area (Å²) in [7, 11) is 0. The smallest absolute Gasteiger partial charge is 0.227 e. The molecule has 1 heterocycles. The number of piperidine rings is 1. The van der Waals surface area contributed by atoms with Crippen molar-refractivity contribution < 1.29 is 4.79 Å². The Balaban J connectivity index is 2.06. The molecule has 0 saturated carbocycles. The van der Waals surface area contributed by atoms with Crippen molar-refractivity contribution in [3.8, 4) is 0 Å². The van der Waals surface area contributed by atoms with Gasteiger partial charge in [0.2, 0.25) is 5.91 Å². The number of hydrogen-bond acceptors (Lipinski definition) is 2. The highest BCUT2D eigenvalue weighted by Crippen LogP contribution is 2.20. The van der Waals surface area contributed by atoms with Crippen molar-refractivity contribution >= 4 is 11.6 Å². The third-order valence-electron chi connectivity index (χ3n) is 3.77. The molecule has 1 aliphatic rings. The van der Waals surface area contributed by atoms with Gasteiger partial charge in [0.15, 0.2) is 0 Å². The van der Waals surface area contributed by atoms with Crippen molar-refractivity contribution in [3.05, 3.63) is 29.3 Å². The summed E-state index contributed by atoms with van der Waals surface area (Å²) >= 11 is 0. The van der Waals surface area contributed by atoms with Gasteiger partial charge in [0, 0.05) is 18.3 Å². The molecule has 1 aromatic carbocycles. The molecule has 98 valence electrons. The number of amides is 1. The van der Waals surface area contributed by atoms with Gasteiger partial charge in [-0.25, -0.2) is 0 Å². The minimum absolute atomic E-state index is 0.206. The minimum atomic E-state index is 0.206. The zero-order valence-electron chi connectivity index (χ0n) is 11.3. The second-order valence-electron chi connectivity index (χ2n) is 5.31. The molecular weight excluding hydrogens is 224 g/mol. The SMILES string of the molecule is Cc1ccc(CC(=O)N2CCCCC2C)c(N)c1. The van der Waals surface area contributed by atoms with E-state index >= 15 is 0 Å². The maximum Gasteiger partial charge on any atom is 0.227 e. The molecule has 1 fully saturated rings. The van der Waals surface area contributed by atoms with Crippen LogP contribution in [0.1, 0.15) is 37.3 Å². The maximum absolute atomic E-state index is 12.3. The zero-order chi connectivity index (χ0) is 13.1. The molecule has 0 spiro atoms. The fourth-order valence-electron chi connectivity index (χ4n) is 2.61. The second-order valence-corrected chi connectivity index (χ2v) is 5.31. The molecule has 0 radical (unpaired) electrons. The van der Waals surface area contributed by atoms with Gasteiger partial charge in [-0.15, -0.1) is 0 Å². The van der Waals surface area contributed by atoms with Gasteiger partial charge in [0.05, 0.1) is 6.42 Å². The monoisotopic (exact) mass is 246 g/mol. The van der Waals surface area contributed by atoms with Crippen LogP contribution in [0.2, 0.25) is 0 Å². The van der Waals surface area contributed by atoms with Crippen molar-refractivity contribution in [2.24, 2.45) is 0 Å². The van der Waals surface area contributed by atoms with E-state index in [-0.39, 0.29) is 5.91 Å². The Morgan fingerprint density at radius 3 is 2.89 bits per heavy atom.